The fourth-order valence-corrected chi connectivity index (χ4v) is 3.73. The summed E-state index contributed by atoms with van der Waals surface area (Å²) in [7, 11) is 3.27. The Balaban J connectivity index is 0.00000288. The van der Waals surface area contributed by atoms with Gasteiger partial charge in [0, 0.05) is 39.3 Å². The third-order valence-corrected chi connectivity index (χ3v) is 5.25. The lowest BCUT2D eigenvalue weighted by molar-refractivity contribution is -0.145. The van der Waals surface area contributed by atoms with Crippen molar-refractivity contribution in [3.63, 3.8) is 0 Å². The van der Waals surface area contributed by atoms with Gasteiger partial charge in [-0.2, -0.15) is 0 Å². The normalized spacial score (nSPS) is 28.4. The Hall–Kier alpha value is -0.570. The van der Waals surface area contributed by atoms with Crippen LogP contribution in [0.5, 0.6) is 0 Å². The average Bonchev–Trinajstić information content (AvgIpc) is 2.94. The van der Waals surface area contributed by atoms with Gasteiger partial charge >= 0.3 is 5.97 Å². The third-order valence-electron chi connectivity index (χ3n) is 5.25. The van der Waals surface area contributed by atoms with Crippen LogP contribution >= 0.6 is 24.0 Å². The van der Waals surface area contributed by atoms with Crippen LogP contribution in [0, 0.1) is 11.8 Å². The first kappa shape index (κ1) is 21.5. The highest BCUT2D eigenvalue weighted by Gasteiger charge is 2.36. The van der Waals surface area contributed by atoms with Crippen LogP contribution in [0.15, 0.2) is 4.99 Å². The lowest BCUT2D eigenvalue weighted by Crippen LogP contribution is -2.46. The van der Waals surface area contributed by atoms with E-state index in [0.29, 0.717) is 18.5 Å². The monoisotopic (exact) mass is 452 g/mol. The molecule has 1 N–H and O–H groups in total. The lowest BCUT2D eigenvalue weighted by Gasteiger charge is -2.33. The second-order valence-electron chi connectivity index (χ2n) is 6.87. The highest BCUT2D eigenvalue weighted by Crippen LogP contribution is 2.24. The lowest BCUT2D eigenvalue weighted by atomic mass is 9.99. The van der Waals surface area contributed by atoms with Gasteiger partial charge in [-0.25, -0.2) is 0 Å². The van der Waals surface area contributed by atoms with E-state index in [2.05, 4.69) is 34.0 Å². The smallest absolute Gasteiger partial charge is 0.310 e. The molecule has 0 aliphatic carbocycles. The molecule has 0 bridgehead atoms. The first-order chi connectivity index (χ1) is 11.1. The van der Waals surface area contributed by atoms with E-state index >= 15 is 0 Å². The number of piperidine rings is 1. The molecule has 0 aromatic carbocycles. The molecule has 3 atom stereocenters. The molecule has 2 aliphatic heterocycles. The van der Waals surface area contributed by atoms with Crippen molar-refractivity contribution in [1.29, 1.82) is 0 Å². The number of methoxy groups -OCH3 is 1. The van der Waals surface area contributed by atoms with Gasteiger partial charge in [-0.05, 0) is 32.2 Å². The van der Waals surface area contributed by atoms with Gasteiger partial charge < -0.3 is 15.0 Å². The van der Waals surface area contributed by atoms with Crippen LogP contribution in [0.25, 0.3) is 0 Å². The van der Waals surface area contributed by atoms with Gasteiger partial charge in [0.1, 0.15) is 0 Å². The van der Waals surface area contributed by atoms with Crippen molar-refractivity contribution < 1.29 is 9.53 Å². The summed E-state index contributed by atoms with van der Waals surface area (Å²) >= 11 is 0. The minimum absolute atomic E-state index is 0. The number of hydrogen-bond donors (Lipinski definition) is 1. The second kappa shape index (κ2) is 10.4. The molecule has 2 saturated heterocycles. The van der Waals surface area contributed by atoms with Crippen molar-refractivity contribution in [3.05, 3.63) is 0 Å². The Kier molecular flexibility index (Phi) is 9.33. The standard InChI is InChI=1S/C17H32N4O2.HI/c1-13-11-21(12-15(13)16(22)23-4)17(18-3)19-8-10-20-9-6-5-7-14(20)2;/h13-15H,5-12H2,1-4H3,(H,18,19);1H. The van der Waals surface area contributed by atoms with E-state index in [1.807, 2.05) is 7.05 Å². The topological polar surface area (TPSA) is 57.2 Å². The Labute approximate surface area is 163 Å². The maximum Gasteiger partial charge on any atom is 0.310 e. The van der Waals surface area contributed by atoms with E-state index in [9.17, 15) is 4.79 Å². The molecule has 0 saturated carbocycles. The Morgan fingerprint density at radius 1 is 1.29 bits per heavy atom. The molecule has 0 aromatic heterocycles. The summed E-state index contributed by atoms with van der Waals surface area (Å²) in [4.78, 5) is 20.9. The van der Waals surface area contributed by atoms with Gasteiger partial charge in [-0.15, -0.1) is 24.0 Å². The minimum atomic E-state index is -0.113. The van der Waals surface area contributed by atoms with Crippen LogP contribution in [-0.2, 0) is 9.53 Å². The van der Waals surface area contributed by atoms with Gasteiger partial charge in [-0.1, -0.05) is 13.3 Å². The molecule has 2 fully saturated rings. The predicted octanol–water partition coefficient (Wildman–Crippen LogP) is 1.80. The largest absolute Gasteiger partial charge is 0.469 e. The molecular formula is C17H33IN4O2. The molecular weight excluding hydrogens is 419 g/mol. The number of ether oxygens (including phenoxy) is 1. The maximum absolute atomic E-state index is 11.8. The summed E-state index contributed by atoms with van der Waals surface area (Å²) in [5.41, 5.74) is 0. The number of hydrogen-bond acceptors (Lipinski definition) is 4. The van der Waals surface area contributed by atoms with E-state index < -0.39 is 0 Å². The molecule has 24 heavy (non-hydrogen) atoms. The summed E-state index contributed by atoms with van der Waals surface area (Å²) in [6.07, 6.45) is 3.97. The number of carbonyl (C=O) groups is 1. The van der Waals surface area contributed by atoms with E-state index in [4.69, 9.17) is 4.74 Å². The zero-order chi connectivity index (χ0) is 16.8. The van der Waals surface area contributed by atoms with Gasteiger partial charge in [0.15, 0.2) is 5.96 Å². The Morgan fingerprint density at radius 3 is 2.67 bits per heavy atom. The average molecular weight is 452 g/mol. The number of likely N-dealkylation sites (tertiary alicyclic amines) is 2. The highest BCUT2D eigenvalue weighted by atomic mass is 127. The molecule has 2 aliphatic rings. The number of aliphatic imine (C=N–C) groups is 1. The third kappa shape index (κ3) is 5.47. The van der Waals surface area contributed by atoms with Crippen LogP contribution in [0.4, 0.5) is 0 Å². The van der Waals surface area contributed by atoms with E-state index in [1.165, 1.54) is 32.9 Å². The van der Waals surface area contributed by atoms with Crippen molar-refractivity contribution in [3.8, 4) is 0 Å². The SMILES string of the molecule is CN=C(NCCN1CCCCC1C)N1CC(C)C(C(=O)OC)C1.I. The summed E-state index contributed by atoms with van der Waals surface area (Å²) in [6, 6.07) is 0.683. The molecule has 2 rings (SSSR count). The first-order valence-electron chi connectivity index (χ1n) is 8.84. The maximum atomic E-state index is 11.8. The molecule has 0 radical (unpaired) electrons. The number of nitrogens with zero attached hydrogens (tertiary/aromatic N) is 3. The molecule has 6 nitrogen and oxygen atoms in total. The Bertz CT molecular complexity index is 433. The van der Waals surface area contributed by atoms with Crippen LogP contribution in [-0.4, -0.2) is 74.7 Å². The van der Waals surface area contributed by atoms with Crippen molar-refractivity contribution >= 4 is 35.9 Å². The summed E-state index contributed by atoms with van der Waals surface area (Å²) in [5.74, 6) is 1.02. The fourth-order valence-electron chi connectivity index (χ4n) is 3.73. The second-order valence-corrected chi connectivity index (χ2v) is 6.87. The van der Waals surface area contributed by atoms with Crippen molar-refractivity contribution in [2.45, 2.75) is 39.2 Å². The molecule has 0 amide bonds. The van der Waals surface area contributed by atoms with Crippen molar-refractivity contribution in [2.24, 2.45) is 16.8 Å². The summed E-state index contributed by atoms with van der Waals surface area (Å²) < 4.78 is 4.91. The number of rotatable bonds is 4. The molecule has 0 aromatic rings. The van der Waals surface area contributed by atoms with Crippen LogP contribution < -0.4 is 5.32 Å². The van der Waals surface area contributed by atoms with Crippen LogP contribution in [0.2, 0.25) is 0 Å². The molecule has 0 spiro atoms. The Morgan fingerprint density at radius 2 is 2.04 bits per heavy atom. The van der Waals surface area contributed by atoms with Crippen molar-refractivity contribution in [2.75, 3.05) is 46.9 Å². The van der Waals surface area contributed by atoms with E-state index in [1.54, 1.807) is 0 Å². The fraction of sp³-hybridized carbons (Fsp3) is 0.882. The van der Waals surface area contributed by atoms with Crippen molar-refractivity contribution in [1.82, 2.24) is 15.1 Å². The van der Waals surface area contributed by atoms with Gasteiger partial charge in [0.25, 0.3) is 0 Å². The number of esters is 1. The highest BCUT2D eigenvalue weighted by molar-refractivity contribution is 14.0. The number of carbonyl (C=O) groups excluding carboxylic acids is 1. The molecule has 2 heterocycles. The van der Waals surface area contributed by atoms with Gasteiger partial charge in [0.05, 0.1) is 13.0 Å². The molecule has 7 heteroatoms. The van der Waals surface area contributed by atoms with Crippen LogP contribution in [0.1, 0.15) is 33.1 Å². The molecule has 140 valence electrons. The van der Waals surface area contributed by atoms with E-state index in [0.717, 1.165) is 25.6 Å². The first-order valence-corrected chi connectivity index (χ1v) is 8.84. The van der Waals surface area contributed by atoms with Crippen LogP contribution in [0.3, 0.4) is 0 Å². The zero-order valence-corrected chi connectivity index (χ0v) is 17.8. The minimum Gasteiger partial charge on any atom is -0.469 e. The number of nitrogens with one attached hydrogen (secondary N) is 1. The predicted molar refractivity (Wildman–Crippen MR) is 108 cm³/mol. The zero-order valence-electron chi connectivity index (χ0n) is 15.5. The summed E-state index contributed by atoms with van der Waals surface area (Å²) in [5, 5.41) is 3.46. The molecule has 3 unspecified atom stereocenters. The van der Waals surface area contributed by atoms with E-state index in [-0.39, 0.29) is 35.9 Å². The quantitative estimate of drug-likeness (QED) is 0.305. The number of guanidine groups is 1. The number of halogens is 1. The van der Waals surface area contributed by atoms with Gasteiger partial charge in [-0.3, -0.25) is 14.7 Å². The summed E-state index contributed by atoms with van der Waals surface area (Å²) in [6.45, 7) is 9.09. The van der Waals surface area contributed by atoms with Gasteiger partial charge in [0.2, 0.25) is 0 Å².